The number of aromatic nitrogens is 1. The summed E-state index contributed by atoms with van der Waals surface area (Å²) in [6.07, 6.45) is 1.95. The molecular formula is C25H27FN2O2S. The molecule has 0 N–H and O–H groups in total. The molecule has 3 aromatic rings. The van der Waals surface area contributed by atoms with Crippen molar-refractivity contribution in [3.63, 3.8) is 0 Å². The van der Waals surface area contributed by atoms with Crippen LogP contribution in [0, 0.1) is 5.82 Å². The van der Waals surface area contributed by atoms with E-state index in [0.29, 0.717) is 17.2 Å². The summed E-state index contributed by atoms with van der Waals surface area (Å²) in [6, 6.07) is 14.0. The van der Waals surface area contributed by atoms with Crippen LogP contribution in [0.25, 0.3) is 11.3 Å². The molecule has 0 spiro atoms. The Labute approximate surface area is 186 Å². The summed E-state index contributed by atoms with van der Waals surface area (Å²) >= 11 is 1.42. The van der Waals surface area contributed by atoms with Crippen LogP contribution < -0.4 is 4.90 Å². The van der Waals surface area contributed by atoms with E-state index in [4.69, 9.17) is 9.72 Å². The Morgan fingerprint density at radius 1 is 1.16 bits per heavy atom. The second-order valence-corrected chi connectivity index (χ2v) is 9.74. The van der Waals surface area contributed by atoms with Gasteiger partial charge in [-0.3, -0.25) is 9.69 Å². The third-order valence-corrected chi connectivity index (χ3v) is 6.38. The summed E-state index contributed by atoms with van der Waals surface area (Å²) < 4.78 is 19.1. The Bertz CT molecular complexity index is 1030. The van der Waals surface area contributed by atoms with Crippen molar-refractivity contribution in [3.05, 3.63) is 70.9 Å². The number of rotatable bonds is 5. The molecular weight excluding hydrogens is 411 g/mol. The average molecular weight is 439 g/mol. The van der Waals surface area contributed by atoms with Gasteiger partial charge in [0.2, 0.25) is 0 Å². The number of nitrogens with zero attached hydrogens (tertiary/aromatic N) is 2. The standard InChI is InChI=1S/C25H27FN2O2S/c1-25(2,3)19-10-6-18(7-11-19)23(29)28(15-21-5-4-14-30-21)24-27-22(16-31-24)17-8-12-20(26)13-9-17/h6-13,16,21H,4-5,14-15H2,1-3H3/t21-/m1/s1. The summed E-state index contributed by atoms with van der Waals surface area (Å²) in [4.78, 5) is 19.9. The van der Waals surface area contributed by atoms with Crippen LogP contribution in [-0.4, -0.2) is 30.1 Å². The van der Waals surface area contributed by atoms with E-state index in [1.807, 2.05) is 29.6 Å². The molecule has 0 unspecified atom stereocenters. The molecule has 1 aliphatic heterocycles. The summed E-state index contributed by atoms with van der Waals surface area (Å²) in [5.41, 5.74) is 3.39. The third-order valence-electron chi connectivity index (χ3n) is 5.52. The lowest BCUT2D eigenvalue weighted by Crippen LogP contribution is -2.37. The van der Waals surface area contributed by atoms with Gasteiger partial charge in [-0.25, -0.2) is 9.37 Å². The number of amides is 1. The van der Waals surface area contributed by atoms with Gasteiger partial charge in [0.1, 0.15) is 5.82 Å². The molecule has 0 aliphatic carbocycles. The normalized spacial score (nSPS) is 16.5. The molecule has 162 valence electrons. The van der Waals surface area contributed by atoms with Crippen LogP contribution in [0.3, 0.4) is 0 Å². The Kier molecular flexibility index (Phi) is 6.21. The highest BCUT2D eigenvalue weighted by Gasteiger charge is 2.27. The lowest BCUT2D eigenvalue weighted by Gasteiger charge is -2.24. The topological polar surface area (TPSA) is 42.4 Å². The van der Waals surface area contributed by atoms with Crippen molar-refractivity contribution in [2.45, 2.75) is 45.1 Å². The molecule has 4 rings (SSSR count). The van der Waals surface area contributed by atoms with Crippen LogP contribution in [0.2, 0.25) is 0 Å². The zero-order valence-electron chi connectivity index (χ0n) is 18.1. The van der Waals surface area contributed by atoms with Gasteiger partial charge in [0.25, 0.3) is 5.91 Å². The summed E-state index contributed by atoms with van der Waals surface area (Å²) in [6.45, 7) is 7.65. The second kappa shape index (κ2) is 8.89. The molecule has 0 bridgehead atoms. The molecule has 1 aromatic heterocycles. The first kappa shape index (κ1) is 21.7. The van der Waals surface area contributed by atoms with Gasteiger partial charge in [0.15, 0.2) is 5.13 Å². The zero-order chi connectivity index (χ0) is 22.0. The molecule has 1 atom stereocenters. The van der Waals surface area contributed by atoms with Crippen LogP contribution in [0.1, 0.15) is 49.5 Å². The number of ether oxygens (including phenoxy) is 1. The van der Waals surface area contributed by atoms with Gasteiger partial charge in [-0.1, -0.05) is 32.9 Å². The fourth-order valence-corrected chi connectivity index (χ4v) is 4.49. The predicted molar refractivity (Wildman–Crippen MR) is 123 cm³/mol. The maximum atomic E-state index is 13.5. The van der Waals surface area contributed by atoms with Crippen LogP contribution in [0.15, 0.2) is 53.9 Å². The number of hydrogen-bond donors (Lipinski definition) is 0. The third kappa shape index (κ3) is 5.02. The van der Waals surface area contributed by atoms with Crippen molar-refractivity contribution in [1.82, 2.24) is 4.98 Å². The molecule has 1 fully saturated rings. The molecule has 6 heteroatoms. The van der Waals surface area contributed by atoms with Gasteiger partial charge in [-0.15, -0.1) is 11.3 Å². The molecule has 2 aromatic carbocycles. The molecule has 4 nitrogen and oxygen atoms in total. The monoisotopic (exact) mass is 438 g/mol. The van der Waals surface area contributed by atoms with Gasteiger partial charge in [0, 0.05) is 23.1 Å². The molecule has 1 amide bonds. The SMILES string of the molecule is CC(C)(C)c1ccc(C(=O)N(C[C@H]2CCCO2)c2nc(-c3ccc(F)cc3)cs2)cc1. The lowest BCUT2D eigenvalue weighted by atomic mass is 9.86. The number of carbonyl (C=O) groups excluding carboxylic acids is 1. The van der Waals surface area contributed by atoms with Crippen LogP contribution in [0.5, 0.6) is 0 Å². The molecule has 31 heavy (non-hydrogen) atoms. The number of benzene rings is 2. The van der Waals surface area contributed by atoms with E-state index < -0.39 is 0 Å². The second-order valence-electron chi connectivity index (χ2n) is 8.90. The summed E-state index contributed by atoms with van der Waals surface area (Å²) in [5.74, 6) is -0.371. The highest BCUT2D eigenvalue weighted by molar-refractivity contribution is 7.14. The summed E-state index contributed by atoms with van der Waals surface area (Å²) in [7, 11) is 0. The quantitative estimate of drug-likeness (QED) is 0.485. The van der Waals surface area contributed by atoms with Gasteiger partial charge in [-0.2, -0.15) is 0 Å². The van der Waals surface area contributed by atoms with E-state index in [1.165, 1.54) is 29.0 Å². The number of carbonyl (C=O) groups is 1. The molecule has 0 radical (unpaired) electrons. The van der Waals surface area contributed by atoms with Crippen LogP contribution in [0.4, 0.5) is 9.52 Å². The smallest absolute Gasteiger partial charge is 0.260 e. The minimum absolute atomic E-state index is 0.0102. The van der Waals surface area contributed by atoms with E-state index in [1.54, 1.807) is 17.0 Å². The van der Waals surface area contributed by atoms with Crippen LogP contribution >= 0.6 is 11.3 Å². The van der Waals surface area contributed by atoms with Crippen molar-refractivity contribution in [2.24, 2.45) is 0 Å². The maximum Gasteiger partial charge on any atom is 0.260 e. The van der Waals surface area contributed by atoms with E-state index in [9.17, 15) is 9.18 Å². The average Bonchev–Trinajstić information content (AvgIpc) is 3.44. The van der Waals surface area contributed by atoms with Crippen LogP contribution in [-0.2, 0) is 10.2 Å². The first-order valence-electron chi connectivity index (χ1n) is 10.6. The fraction of sp³-hybridized carbons (Fsp3) is 0.360. The van der Waals surface area contributed by atoms with Gasteiger partial charge < -0.3 is 4.74 Å². The predicted octanol–water partition coefficient (Wildman–Crippen LogP) is 6.07. The highest BCUT2D eigenvalue weighted by atomic mass is 32.1. The van der Waals surface area contributed by atoms with Gasteiger partial charge in [0.05, 0.1) is 18.3 Å². The van der Waals surface area contributed by atoms with Crippen molar-refractivity contribution < 1.29 is 13.9 Å². The highest BCUT2D eigenvalue weighted by Crippen LogP contribution is 2.30. The van der Waals surface area contributed by atoms with Crippen molar-refractivity contribution >= 4 is 22.4 Å². The first-order chi connectivity index (χ1) is 14.8. The maximum absolute atomic E-state index is 13.5. The number of hydrogen-bond acceptors (Lipinski definition) is 4. The Hall–Kier alpha value is -2.57. The summed E-state index contributed by atoms with van der Waals surface area (Å²) in [5, 5.41) is 2.53. The molecule has 1 saturated heterocycles. The minimum Gasteiger partial charge on any atom is -0.376 e. The van der Waals surface area contributed by atoms with E-state index in [0.717, 1.165) is 30.7 Å². The zero-order valence-corrected chi connectivity index (χ0v) is 18.9. The number of thiazole rings is 1. The van der Waals surface area contributed by atoms with E-state index in [-0.39, 0.29) is 23.2 Å². The van der Waals surface area contributed by atoms with Crippen molar-refractivity contribution in [1.29, 1.82) is 0 Å². The van der Waals surface area contributed by atoms with Crippen molar-refractivity contribution in [3.8, 4) is 11.3 Å². The number of halogens is 1. The molecule has 1 aliphatic rings. The Balaban J connectivity index is 1.62. The Morgan fingerprint density at radius 2 is 1.87 bits per heavy atom. The van der Waals surface area contributed by atoms with E-state index in [2.05, 4.69) is 20.8 Å². The van der Waals surface area contributed by atoms with E-state index >= 15 is 0 Å². The van der Waals surface area contributed by atoms with Crippen molar-refractivity contribution in [2.75, 3.05) is 18.1 Å². The fourth-order valence-electron chi connectivity index (χ4n) is 3.65. The molecule has 2 heterocycles. The first-order valence-corrected chi connectivity index (χ1v) is 11.4. The Morgan fingerprint density at radius 3 is 2.48 bits per heavy atom. The molecule has 0 saturated carbocycles. The van der Waals surface area contributed by atoms with Gasteiger partial charge >= 0.3 is 0 Å². The number of anilines is 1. The minimum atomic E-state index is -0.284. The lowest BCUT2D eigenvalue weighted by molar-refractivity contribution is 0.0917. The largest absolute Gasteiger partial charge is 0.376 e. The van der Waals surface area contributed by atoms with Gasteiger partial charge in [-0.05, 0) is 60.2 Å².